The third kappa shape index (κ3) is 3.35. The maximum absolute atomic E-state index is 13.4. The highest BCUT2D eigenvalue weighted by Gasteiger charge is 2.32. The standard InChI is InChI=1S/C16H21FN2O2/c1-2-21-16(20)14(18-13-5-6-13)10-19-8-7-11-3-4-12(17)9-15(11)19/h3-4,9,13-14,18H,2,5-8,10H2,1H3. The van der Waals surface area contributed by atoms with Crippen molar-refractivity contribution >= 4 is 11.7 Å². The molecule has 2 aliphatic rings. The minimum atomic E-state index is -0.341. The normalized spacial score (nSPS) is 18.5. The van der Waals surface area contributed by atoms with Crippen LogP contribution in [0.15, 0.2) is 18.2 Å². The molecule has 1 aromatic rings. The molecule has 1 aliphatic heterocycles. The van der Waals surface area contributed by atoms with Crippen LogP contribution in [0.2, 0.25) is 0 Å². The van der Waals surface area contributed by atoms with Crippen molar-refractivity contribution in [2.24, 2.45) is 0 Å². The molecule has 5 heteroatoms. The van der Waals surface area contributed by atoms with Crippen molar-refractivity contribution in [3.8, 4) is 0 Å². The van der Waals surface area contributed by atoms with Crippen LogP contribution in [0.5, 0.6) is 0 Å². The number of hydrogen-bond acceptors (Lipinski definition) is 4. The Morgan fingerprint density at radius 1 is 1.52 bits per heavy atom. The lowest BCUT2D eigenvalue weighted by molar-refractivity contribution is -0.145. The quantitative estimate of drug-likeness (QED) is 0.813. The summed E-state index contributed by atoms with van der Waals surface area (Å²) in [5, 5.41) is 3.34. The molecule has 21 heavy (non-hydrogen) atoms. The number of ether oxygens (including phenoxy) is 1. The SMILES string of the molecule is CCOC(=O)C(CN1CCc2ccc(F)cc21)NC1CC1. The molecule has 0 bridgehead atoms. The Balaban J connectivity index is 1.71. The lowest BCUT2D eigenvalue weighted by Crippen LogP contribution is -2.47. The predicted molar refractivity (Wildman–Crippen MR) is 78.9 cm³/mol. The fraction of sp³-hybridized carbons (Fsp3) is 0.562. The van der Waals surface area contributed by atoms with Crippen LogP contribution in [0.25, 0.3) is 0 Å². The van der Waals surface area contributed by atoms with Gasteiger partial charge in [-0.25, -0.2) is 4.39 Å². The molecule has 4 nitrogen and oxygen atoms in total. The van der Waals surface area contributed by atoms with Gasteiger partial charge in [0.25, 0.3) is 0 Å². The fourth-order valence-corrected chi connectivity index (χ4v) is 2.80. The lowest BCUT2D eigenvalue weighted by atomic mass is 10.1. The number of nitrogens with zero attached hydrogens (tertiary/aromatic N) is 1. The van der Waals surface area contributed by atoms with Crippen LogP contribution in [0.1, 0.15) is 25.3 Å². The van der Waals surface area contributed by atoms with E-state index in [-0.39, 0.29) is 17.8 Å². The van der Waals surface area contributed by atoms with Gasteiger partial charge in [0.1, 0.15) is 11.9 Å². The maximum Gasteiger partial charge on any atom is 0.324 e. The van der Waals surface area contributed by atoms with Crippen molar-refractivity contribution in [2.45, 2.75) is 38.3 Å². The second-order valence-corrected chi connectivity index (χ2v) is 5.71. The molecule has 0 amide bonds. The van der Waals surface area contributed by atoms with Crippen molar-refractivity contribution in [3.63, 3.8) is 0 Å². The molecule has 1 fully saturated rings. The number of carbonyl (C=O) groups excluding carboxylic acids is 1. The average molecular weight is 292 g/mol. The first kappa shape index (κ1) is 14.3. The number of anilines is 1. The van der Waals surface area contributed by atoms with Crippen LogP contribution in [-0.2, 0) is 16.0 Å². The van der Waals surface area contributed by atoms with E-state index in [1.165, 1.54) is 6.07 Å². The lowest BCUT2D eigenvalue weighted by Gasteiger charge is -2.25. The van der Waals surface area contributed by atoms with E-state index in [1.54, 1.807) is 6.07 Å². The topological polar surface area (TPSA) is 41.6 Å². The number of carbonyl (C=O) groups is 1. The van der Waals surface area contributed by atoms with Gasteiger partial charge in [-0.05, 0) is 43.9 Å². The zero-order valence-electron chi connectivity index (χ0n) is 12.3. The first-order valence-electron chi connectivity index (χ1n) is 7.63. The molecule has 1 heterocycles. The summed E-state index contributed by atoms with van der Waals surface area (Å²) in [6.45, 7) is 3.55. The Morgan fingerprint density at radius 2 is 2.33 bits per heavy atom. The molecule has 3 rings (SSSR count). The average Bonchev–Trinajstić information content (AvgIpc) is 3.19. The third-order valence-corrected chi connectivity index (χ3v) is 4.03. The van der Waals surface area contributed by atoms with E-state index in [0.29, 0.717) is 19.2 Å². The number of fused-ring (bicyclic) bond motifs is 1. The van der Waals surface area contributed by atoms with E-state index in [4.69, 9.17) is 4.74 Å². The summed E-state index contributed by atoms with van der Waals surface area (Å²) in [5.41, 5.74) is 2.05. The van der Waals surface area contributed by atoms with Crippen molar-refractivity contribution in [1.29, 1.82) is 0 Å². The Hall–Kier alpha value is -1.62. The largest absolute Gasteiger partial charge is 0.465 e. The monoisotopic (exact) mass is 292 g/mol. The number of hydrogen-bond donors (Lipinski definition) is 1. The predicted octanol–water partition coefficient (Wildman–Crippen LogP) is 1.87. The van der Waals surface area contributed by atoms with E-state index in [0.717, 1.165) is 37.1 Å². The molecule has 0 spiro atoms. The zero-order chi connectivity index (χ0) is 14.8. The van der Waals surface area contributed by atoms with Gasteiger partial charge in [0, 0.05) is 24.8 Å². The molecule has 0 radical (unpaired) electrons. The number of rotatable bonds is 6. The molecule has 0 aromatic heterocycles. The summed E-state index contributed by atoms with van der Waals surface area (Å²) in [6, 6.07) is 4.97. The van der Waals surface area contributed by atoms with Crippen LogP contribution in [-0.4, -0.2) is 37.7 Å². The molecule has 1 aromatic carbocycles. The number of esters is 1. The van der Waals surface area contributed by atoms with Gasteiger partial charge in [-0.2, -0.15) is 0 Å². The molecule has 1 aliphatic carbocycles. The maximum atomic E-state index is 13.4. The Morgan fingerprint density at radius 3 is 3.05 bits per heavy atom. The second-order valence-electron chi connectivity index (χ2n) is 5.71. The van der Waals surface area contributed by atoms with E-state index >= 15 is 0 Å². The smallest absolute Gasteiger partial charge is 0.324 e. The molecule has 1 unspecified atom stereocenters. The van der Waals surface area contributed by atoms with Crippen LogP contribution in [0.3, 0.4) is 0 Å². The van der Waals surface area contributed by atoms with E-state index in [1.807, 2.05) is 13.0 Å². The van der Waals surface area contributed by atoms with Gasteiger partial charge in [-0.3, -0.25) is 4.79 Å². The van der Waals surface area contributed by atoms with Gasteiger partial charge in [0.2, 0.25) is 0 Å². The number of benzene rings is 1. The summed E-state index contributed by atoms with van der Waals surface area (Å²) < 4.78 is 18.6. The Labute approximate surface area is 124 Å². The van der Waals surface area contributed by atoms with Gasteiger partial charge >= 0.3 is 5.97 Å². The van der Waals surface area contributed by atoms with Crippen LogP contribution in [0.4, 0.5) is 10.1 Å². The first-order chi connectivity index (χ1) is 10.2. The van der Waals surface area contributed by atoms with E-state index < -0.39 is 0 Å². The molecular formula is C16H21FN2O2. The molecular weight excluding hydrogens is 271 g/mol. The summed E-state index contributed by atoms with van der Waals surface area (Å²) >= 11 is 0. The molecule has 1 N–H and O–H groups in total. The van der Waals surface area contributed by atoms with Crippen molar-refractivity contribution in [1.82, 2.24) is 5.32 Å². The summed E-state index contributed by atoms with van der Waals surface area (Å²) in [6.07, 6.45) is 3.12. The van der Waals surface area contributed by atoms with Gasteiger partial charge in [-0.15, -0.1) is 0 Å². The highest BCUT2D eigenvalue weighted by atomic mass is 19.1. The molecule has 114 valence electrons. The van der Waals surface area contributed by atoms with Gasteiger partial charge in [0.15, 0.2) is 0 Å². The second kappa shape index (κ2) is 6.02. The molecule has 0 saturated heterocycles. The Kier molecular flexibility index (Phi) is 4.10. The summed E-state index contributed by atoms with van der Waals surface area (Å²) in [4.78, 5) is 14.2. The van der Waals surface area contributed by atoms with E-state index in [2.05, 4.69) is 10.2 Å². The Bertz CT molecular complexity index is 531. The van der Waals surface area contributed by atoms with Gasteiger partial charge < -0.3 is 15.0 Å². The fourth-order valence-electron chi connectivity index (χ4n) is 2.80. The van der Waals surface area contributed by atoms with Crippen LogP contribution >= 0.6 is 0 Å². The first-order valence-corrected chi connectivity index (χ1v) is 7.63. The third-order valence-electron chi connectivity index (χ3n) is 4.03. The van der Waals surface area contributed by atoms with Crippen LogP contribution in [0, 0.1) is 5.82 Å². The van der Waals surface area contributed by atoms with Crippen molar-refractivity contribution in [3.05, 3.63) is 29.6 Å². The summed E-state index contributed by atoms with van der Waals surface area (Å²) in [7, 11) is 0. The van der Waals surface area contributed by atoms with E-state index in [9.17, 15) is 9.18 Å². The zero-order valence-corrected chi connectivity index (χ0v) is 12.3. The van der Waals surface area contributed by atoms with Crippen molar-refractivity contribution in [2.75, 3.05) is 24.6 Å². The minimum Gasteiger partial charge on any atom is -0.465 e. The highest BCUT2D eigenvalue weighted by molar-refractivity contribution is 5.77. The van der Waals surface area contributed by atoms with Gasteiger partial charge in [0.05, 0.1) is 6.61 Å². The molecule has 1 atom stereocenters. The van der Waals surface area contributed by atoms with Gasteiger partial charge in [-0.1, -0.05) is 6.07 Å². The number of nitrogens with one attached hydrogen (secondary N) is 1. The summed E-state index contributed by atoms with van der Waals surface area (Å²) in [5.74, 6) is -0.447. The molecule has 1 saturated carbocycles. The highest BCUT2D eigenvalue weighted by Crippen LogP contribution is 2.29. The van der Waals surface area contributed by atoms with Crippen LogP contribution < -0.4 is 10.2 Å². The number of halogens is 1. The van der Waals surface area contributed by atoms with Crippen molar-refractivity contribution < 1.29 is 13.9 Å². The minimum absolute atomic E-state index is 0.214.